The van der Waals surface area contributed by atoms with E-state index >= 15 is 0 Å². The highest BCUT2D eigenvalue weighted by atomic mass is 16.5. The summed E-state index contributed by atoms with van der Waals surface area (Å²) in [6.07, 6.45) is 3.10. The molecule has 0 fully saturated rings. The van der Waals surface area contributed by atoms with Crippen LogP contribution in [0.1, 0.15) is 5.56 Å². The second-order valence-electron chi connectivity index (χ2n) is 5.19. The molecule has 0 aliphatic heterocycles. The Balaban J connectivity index is 1.89. The first-order valence-corrected chi connectivity index (χ1v) is 7.20. The summed E-state index contributed by atoms with van der Waals surface area (Å²) < 4.78 is 5.71. The summed E-state index contributed by atoms with van der Waals surface area (Å²) in [4.78, 5) is 4.07. The first-order valence-electron chi connectivity index (χ1n) is 7.20. The van der Waals surface area contributed by atoms with Crippen LogP contribution in [0.2, 0.25) is 0 Å². The number of aromatic hydroxyl groups is 1. The number of hydrogen-bond donors (Lipinski definition) is 4. The fraction of sp³-hybridized carbons (Fsp3) is 0. The Hall–Kier alpha value is -3.54. The molecule has 0 atom stereocenters. The van der Waals surface area contributed by atoms with Crippen molar-refractivity contribution in [3.8, 4) is 28.4 Å². The molecule has 0 aliphatic carbocycles. The van der Waals surface area contributed by atoms with E-state index in [1.165, 1.54) is 6.20 Å². The molecule has 3 aromatic rings. The molecule has 24 heavy (non-hydrogen) atoms. The van der Waals surface area contributed by atoms with Gasteiger partial charge in [0.1, 0.15) is 23.1 Å². The van der Waals surface area contributed by atoms with Crippen molar-refractivity contribution in [3.05, 3.63) is 66.5 Å². The zero-order chi connectivity index (χ0) is 17.1. The highest BCUT2D eigenvalue weighted by Gasteiger charge is 2.12. The first-order chi connectivity index (χ1) is 11.5. The maximum atomic E-state index is 9.28. The molecule has 0 saturated carbocycles. The van der Waals surface area contributed by atoms with Crippen LogP contribution in [0.4, 0.5) is 5.69 Å². The van der Waals surface area contributed by atoms with Crippen LogP contribution in [0.3, 0.4) is 0 Å². The highest BCUT2D eigenvalue weighted by molar-refractivity contribution is 6.05. The summed E-state index contributed by atoms with van der Waals surface area (Å²) >= 11 is 0. The fourth-order valence-corrected chi connectivity index (χ4v) is 2.35. The quantitative estimate of drug-likeness (QED) is 0.435. The van der Waals surface area contributed by atoms with Gasteiger partial charge >= 0.3 is 0 Å². The van der Waals surface area contributed by atoms with Gasteiger partial charge in [-0.05, 0) is 42.0 Å². The van der Waals surface area contributed by atoms with Crippen molar-refractivity contribution in [2.45, 2.75) is 0 Å². The maximum Gasteiger partial charge on any atom is 0.127 e. The number of anilines is 1. The maximum absolute atomic E-state index is 9.28. The molecule has 6 heteroatoms. The van der Waals surface area contributed by atoms with Crippen molar-refractivity contribution in [3.63, 3.8) is 0 Å². The Kier molecular flexibility index (Phi) is 4.03. The van der Waals surface area contributed by atoms with Crippen LogP contribution < -0.4 is 16.2 Å². The topological polar surface area (TPSA) is 118 Å². The molecule has 1 aromatic heterocycles. The van der Waals surface area contributed by atoms with E-state index in [4.69, 9.17) is 21.6 Å². The van der Waals surface area contributed by atoms with Gasteiger partial charge in [-0.3, -0.25) is 10.4 Å². The Bertz CT molecular complexity index is 875. The van der Waals surface area contributed by atoms with Crippen molar-refractivity contribution in [2.75, 3.05) is 5.73 Å². The minimum Gasteiger partial charge on any atom is -0.508 e. The average molecular weight is 320 g/mol. The van der Waals surface area contributed by atoms with Gasteiger partial charge in [0.2, 0.25) is 0 Å². The molecule has 3 rings (SSSR count). The highest BCUT2D eigenvalue weighted by Crippen LogP contribution is 2.29. The van der Waals surface area contributed by atoms with Gasteiger partial charge in [-0.25, -0.2) is 0 Å². The number of ether oxygens (including phenoxy) is 1. The Labute approximate surface area is 138 Å². The summed E-state index contributed by atoms with van der Waals surface area (Å²) in [5.74, 6) is 1.35. The molecule has 0 aliphatic rings. The number of pyridine rings is 1. The van der Waals surface area contributed by atoms with E-state index in [2.05, 4.69) is 4.98 Å². The summed E-state index contributed by atoms with van der Waals surface area (Å²) in [5, 5.41) is 17.0. The number of rotatable bonds is 4. The van der Waals surface area contributed by atoms with Crippen molar-refractivity contribution in [1.29, 1.82) is 5.41 Å². The number of nitrogens with zero attached hydrogens (tertiary/aromatic N) is 1. The summed E-state index contributed by atoms with van der Waals surface area (Å²) in [6.45, 7) is 0. The number of nitrogen functional groups attached to an aromatic ring is 2. The van der Waals surface area contributed by atoms with Crippen LogP contribution >= 0.6 is 0 Å². The van der Waals surface area contributed by atoms with Crippen LogP contribution in [-0.2, 0) is 0 Å². The third-order valence-electron chi connectivity index (χ3n) is 3.48. The smallest absolute Gasteiger partial charge is 0.127 e. The Morgan fingerprint density at radius 2 is 1.54 bits per heavy atom. The Morgan fingerprint density at radius 3 is 2.12 bits per heavy atom. The molecule has 0 unspecified atom stereocenters. The number of nitrogens with one attached hydrogen (secondary N) is 1. The van der Waals surface area contributed by atoms with E-state index in [0.717, 1.165) is 5.56 Å². The number of phenolic OH excluding ortho intramolecular Hbond substituents is 1. The van der Waals surface area contributed by atoms with E-state index in [1.807, 2.05) is 12.1 Å². The van der Waals surface area contributed by atoms with Gasteiger partial charge in [-0.2, -0.15) is 0 Å². The molecule has 6 nitrogen and oxygen atoms in total. The molecule has 0 spiro atoms. The summed E-state index contributed by atoms with van der Waals surface area (Å²) in [6, 6.07) is 13.8. The summed E-state index contributed by atoms with van der Waals surface area (Å²) in [7, 11) is 0. The van der Waals surface area contributed by atoms with Gasteiger partial charge in [0.05, 0.1) is 11.9 Å². The first kappa shape index (κ1) is 15.4. The van der Waals surface area contributed by atoms with Gasteiger partial charge in [-0.15, -0.1) is 0 Å². The predicted octanol–water partition coefficient (Wildman–Crippen LogP) is 3.11. The third kappa shape index (κ3) is 3.12. The second kappa shape index (κ2) is 6.29. The molecule has 0 saturated heterocycles. The minimum atomic E-state index is -0.102. The standard InChI is InChI=1S/C18H16N4O2/c19-16-10-22-9-15(17(16)18(20)21)11-1-5-13(6-2-11)24-14-7-3-12(23)4-8-14/h1-10,23H,19H2,(H3,20,21). The zero-order valence-corrected chi connectivity index (χ0v) is 12.7. The van der Waals surface area contributed by atoms with E-state index in [9.17, 15) is 5.11 Å². The van der Waals surface area contributed by atoms with Gasteiger partial charge in [0.15, 0.2) is 0 Å². The molecule has 6 N–H and O–H groups in total. The lowest BCUT2D eigenvalue weighted by Gasteiger charge is -2.11. The molecule has 0 bridgehead atoms. The number of hydrogen-bond acceptors (Lipinski definition) is 5. The van der Waals surface area contributed by atoms with E-state index in [0.29, 0.717) is 28.3 Å². The number of amidine groups is 1. The van der Waals surface area contributed by atoms with Gasteiger partial charge in [0, 0.05) is 17.3 Å². The van der Waals surface area contributed by atoms with Crippen LogP contribution in [0, 0.1) is 5.41 Å². The Morgan fingerprint density at radius 1 is 0.958 bits per heavy atom. The number of benzene rings is 2. The zero-order valence-electron chi connectivity index (χ0n) is 12.7. The third-order valence-corrected chi connectivity index (χ3v) is 3.48. The van der Waals surface area contributed by atoms with Gasteiger partial charge < -0.3 is 21.3 Å². The molecule has 120 valence electrons. The largest absolute Gasteiger partial charge is 0.508 e. The van der Waals surface area contributed by atoms with Crippen molar-refractivity contribution >= 4 is 11.5 Å². The molecular formula is C18H16N4O2. The lowest BCUT2D eigenvalue weighted by Crippen LogP contribution is -2.15. The molecular weight excluding hydrogens is 304 g/mol. The molecule has 0 amide bonds. The van der Waals surface area contributed by atoms with E-state index < -0.39 is 0 Å². The molecule has 2 aromatic carbocycles. The minimum absolute atomic E-state index is 0.102. The van der Waals surface area contributed by atoms with Crippen molar-refractivity contribution < 1.29 is 9.84 Å². The van der Waals surface area contributed by atoms with E-state index in [1.54, 1.807) is 42.6 Å². The van der Waals surface area contributed by atoms with Gasteiger partial charge in [0.25, 0.3) is 0 Å². The molecule has 1 heterocycles. The normalized spacial score (nSPS) is 10.3. The van der Waals surface area contributed by atoms with E-state index in [-0.39, 0.29) is 11.6 Å². The average Bonchev–Trinajstić information content (AvgIpc) is 2.57. The lowest BCUT2D eigenvalue weighted by atomic mass is 10.00. The lowest BCUT2D eigenvalue weighted by molar-refractivity contribution is 0.464. The second-order valence-corrected chi connectivity index (χ2v) is 5.19. The monoisotopic (exact) mass is 320 g/mol. The molecule has 0 radical (unpaired) electrons. The number of aromatic nitrogens is 1. The van der Waals surface area contributed by atoms with Crippen LogP contribution in [-0.4, -0.2) is 15.9 Å². The number of phenols is 1. The fourth-order valence-electron chi connectivity index (χ4n) is 2.35. The number of nitrogens with two attached hydrogens (primary N) is 2. The SMILES string of the molecule is N=C(N)c1c(N)cncc1-c1ccc(Oc2ccc(O)cc2)cc1. The van der Waals surface area contributed by atoms with Gasteiger partial charge in [-0.1, -0.05) is 12.1 Å². The van der Waals surface area contributed by atoms with Crippen LogP contribution in [0.15, 0.2) is 60.9 Å². The van der Waals surface area contributed by atoms with Crippen LogP contribution in [0.5, 0.6) is 17.2 Å². The van der Waals surface area contributed by atoms with Crippen LogP contribution in [0.25, 0.3) is 11.1 Å². The predicted molar refractivity (Wildman–Crippen MR) is 93.3 cm³/mol. The summed E-state index contributed by atoms with van der Waals surface area (Å²) in [5.41, 5.74) is 13.9. The van der Waals surface area contributed by atoms with Crippen molar-refractivity contribution in [2.24, 2.45) is 5.73 Å². The van der Waals surface area contributed by atoms with Crippen molar-refractivity contribution in [1.82, 2.24) is 4.98 Å².